The highest BCUT2D eigenvalue weighted by Gasteiger charge is 2.32. The van der Waals surface area contributed by atoms with Crippen LogP contribution >= 0.6 is 11.3 Å². The van der Waals surface area contributed by atoms with Crippen LogP contribution in [0.1, 0.15) is 62.3 Å². The summed E-state index contributed by atoms with van der Waals surface area (Å²) in [4.78, 5) is 35.2. The fraction of sp³-hybridized carbons (Fsp3) is 0.619. The summed E-state index contributed by atoms with van der Waals surface area (Å²) < 4.78 is 5.63. The molecule has 1 unspecified atom stereocenters. The van der Waals surface area contributed by atoms with E-state index in [4.69, 9.17) is 4.74 Å². The van der Waals surface area contributed by atoms with E-state index in [9.17, 15) is 14.7 Å². The molecule has 9 heteroatoms. The topological polar surface area (TPSA) is 104 Å². The van der Waals surface area contributed by atoms with E-state index in [1.165, 1.54) is 16.9 Å². The lowest BCUT2D eigenvalue weighted by Gasteiger charge is -2.37. The van der Waals surface area contributed by atoms with Crippen LogP contribution in [0, 0.1) is 6.92 Å². The number of carbonyl (C=O) groups excluding carboxylic acids is 1. The number of carboxylic acids is 1. The van der Waals surface area contributed by atoms with Crippen molar-refractivity contribution in [2.75, 3.05) is 25.1 Å². The molecule has 1 aromatic rings. The molecular weight excluding hydrogens is 404 g/mol. The summed E-state index contributed by atoms with van der Waals surface area (Å²) in [5.74, 6) is -1.15. The number of nitrogens with zero attached hydrogens (tertiary/aromatic N) is 3. The molecule has 1 aliphatic rings. The third-order valence-corrected chi connectivity index (χ3v) is 6.62. The number of aryl methyl sites for hydroxylation is 1. The van der Waals surface area contributed by atoms with Gasteiger partial charge in [-0.25, -0.2) is 9.78 Å². The average molecular weight is 437 g/mol. The van der Waals surface area contributed by atoms with Crippen molar-refractivity contribution < 1.29 is 19.4 Å². The normalized spacial score (nSPS) is 20.7. The largest absolute Gasteiger partial charge is 0.477 e. The smallest absolute Gasteiger partial charge is 0.347 e. The number of allylic oxidation sites excluding steroid dienone is 2. The Morgan fingerprint density at radius 3 is 2.57 bits per heavy atom. The van der Waals surface area contributed by atoms with Gasteiger partial charge in [0.2, 0.25) is 0 Å². The van der Waals surface area contributed by atoms with E-state index in [1.54, 1.807) is 21.0 Å². The number of hydrogen-bond donors (Lipinski definition) is 2. The molecule has 0 aromatic carbocycles. The summed E-state index contributed by atoms with van der Waals surface area (Å²) in [6, 6.07) is -0.148. The van der Waals surface area contributed by atoms with E-state index in [0.29, 0.717) is 36.0 Å². The Labute approximate surface area is 182 Å². The van der Waals surface area contributed by atoms with Crippen LogP contribution in [-0.4, -0.2) is 60.0 Å². The second-order valence-electron chi connectivity index (χ2n) is 7.44. The zero-order chi connectivity index (χ0) is 22.4. The Morgan fingerprint density at radius 1 is 1.33 bits per heavy atom. The van der Waals surface area contributed by atoms with Crippen molar-refractivity contribution in [3.05, 3.63) is 21.8 Å². The Balaban J connectivity index is 2.08. The lowest BCUT2D eigenvalue weighted by molar-refractivity contribution is -0.116. The summed E-state index contributed by atoms with van der Waals surface area (Å²) in [6.07, 6.45) is 2.13. The van der Waals surface area contributed by atoms with E-state index in [0.717, 1.165) is 18.5 Å². The second-order valence-corrected chi connectivity index (χ2v) is 8.41. The number of aliphatic imine (C=N–C) groups is 1. The molecule has 1 aromatic heterocycles. The van der Waals surface area contributed by atoms with Crippen LogP contribution in [0.15, 0.2) is 16.3 Å². The second kappa shape index (κ2) is 10.7. The van der Waals surface area contributed by atoms with Crippen LogP contribution in [-0.2, 0) is 9.53 Å². The van der Waals surface area contributed by atoms with Crippen molar-refractivity contribution in [2.45, 2.75) is 66.0 Å². The first-order valence-electron chi connectivity index (χ1n) is 10.2. The molecule has 8 nitrogen and oxygen atoms in total. The minimum atomic E-state index is -0.963. The molecule has 2 atom stereocenters. The zero-order valence-corrected chi connectivity index (χ0v) is 19.4. The molecule has 1 aliphatic heterocycles. The lowest BCUT2D eigenvalue weighted by atomic mass is 10.0. The monoisotopic (exact) mass is 436 g/mol. The molecule has 0 spiro atoms. The highest BCUT2D eigenvalue weighted by atomic mass is 32.1. The van der Waals surface area contributed by atoms with Gasteiger partial charge in [-0.15, -0.1) is 0 Å². The number of rotatable bonds is 8. The van der Waals surface area contributed by atoms with Gasteiger partial charge in [0.1, 0.15) is 10.6 Å². The van der Waals surface area contributed by atoms with Gasteiger partial charge in [-0.3, -0.25) is 9.79 Å². The number of thiazole rings is 1. The maximum Gasteiger partial charge on any atom is 0.347 e. The molecule has 2 N–H and O–H groups in total. The van der Waals surface area contributed by atoms with Crippen LogP contribution in [0.5, 0.6) is 0 Å². The maximum absolute atomic E-state index is 12.7. The number of carboxylic acid groups (broad SMARTS) is 1. The van der Waals surface area contributed by atoms with E-state index >= 15 is 0 Å². The number of aromatic carboxylic acids is 1. The van der Waals surface area contributed by atoms with Gasteiger partial charge in [-0.05, 0) is 40.0 Å². The third kappa shape index (κ3) is 5.66. The minimum Gasteiger partial charge on any atom is -0.477 e. The summed E-state index contributed by atoms with van der Waals surface area (Å²) in [6.45, 7) is 10.8. The number of ether oxygens (including phenoxy) is 1. The summed E-state index contributed by atoms with van der Waals surface area (Å²) in [7, 11) is 1.62. The number of carbonyl (C=O) groups is 2. The maximum atomic E-state index is 12.7. The van der Waals surface area contributed by atoms with Gasteiger partial charge >= 0.3 is 5.97 Å². The van der Waals surface area contributed by atoms with Crippen LogP contribution in [0.4, 0.5) is 5.13 Å². The van der Waals surface area contributed by atoms with Gasteiger partial charge in [-0.2, -0.15) is 0 Å². The SMILES string of the molecule is CC/C(C)=C(\CC)N=C(C)C(=O)NC1CCN(c2nc(C)c(C(=O)O)s2)C[C@@H]1OC. The molecule has 1 saturated heterocycles. The summed E-state index contributed by atoms with van der Waals surface area (Å²) in [5, 5.41) is 13.0. The highest BCUT2D eigenvalue weighted by molar-refractivity contribution is 7.17. The molecule has 2 heterocycles. The molecule has 0 aliphatic carbocycles. The summed E-state index contributed by atoms with van der Waals surface area (Å²) in [5.41, 5.74) is 3.10. The van der Waals surface area contributed by atoms with E-state index in [2.05, 4.69) is 22.2 Å². The standard InChI is InChI=1S/C21H32N4O4S/c1-7-12(3)15(8-2)22-14(5)19(26)24-16-9-10-25(11-17(16)29-6)21-23-13(4)18(30-21)20(27)28/h16-17H,7-11H2,1-6H3,(H,24,26)(H,27,28)/b15-12+,22-14?/t16?,17-/m0/s1. The minimum absolute atomic E-state index is 0.148. The van der Waals surface area contributed by atoms with Crippen LogP contribution in [0.25, 0.3) is 0 Å². The van der Waals surface area contributed by atoms with Gasteiger partial charge in [0, 0.05) is 25.9 Å². The fourth-order valence-corrected chi connectivity index (χ4v) is 4.36. The van der Waals surface area contributed by atoms with Gasteiger partial charge in [-0.1, -0.05) is 30.8 Å². The van der Waals surface area contributed by atoms with Crippen molar-refractivity contribution >= 4 is 34.1 Å². The number of methoxy groups -OCH3 is 1. The van der Waals surface area contributed by atoms with Crippen LogP contribution < -0.4 is 10.2 Å². The fourth-order valence-electron chi connectivity index (χ4n) is 3.42. The van der Waals surface area contributed by atoms with Crippen molar-refractivity contribution in [1.82, 2.24) is 10.3 Å². The molecular formula is C21H32N4O4S. The first-order valence-corrected chi connectivity index (χ1v) is 11.1. The van der Waals surface area contributed by atoms with Gasteiger partial charge in [0.15, 0.2) is 5.13 Å². The molecule has 30 heavy (non-hydrogen) atoms. The van der Waals surface area contributed by atoms with Crippen LogP contribution in [0.3, 0.4) is 0 Å². The number of piperidine rings is 1. The van der Waals surface area contributed by atoms with E-state index in [-0.39, 0.29) is 22.9 Å². The molecule has 0 bridgehead atoms. The first kappa shape index (κ1) is 24.0. The molecule has 2 rings (SSSR count). The molecule has 0 saturated carbocycles. The number of nitrogens with one attached hydrogen (secondary N) is 1. The Kier molecular flexibility index (Phi) is 8.54. The quantitative estimate of drug-likeness (QED) is 0.605. The predicted octanol–water partition coefficient (Wildman–Crippen LogP) is 3.41. The van der Waals surface area contributed by atoms with Gasteiger partial charge in [0.25, 0.3) is 5.91 Å². The molecule has 0 radical (unpaired) electrons. The van der Waals surface area contributed by atoms with Crippen molar-refractivity contribution in [2.24, 2.45) is 4.99 Å². The first-order chi connectivity index (χ1) is 14.2. The third-order valence-electron chi connectivity index (χ3n) is 5.42. The molecule has 1 amide bonds. The Bertz CT molecular complexity index is 846. The number of amides is 1. The lowest BCUT2D eigenvalue weighted by Crippen LogP contribution is -2.55. The molecule has 166 valence electrons. The van der Waals surface area contributed by atoms with Gasteiger partial charge in [0.05, 0.1) is 17.8 Å². The van der Waals surface area contributed by atoms with E-state index < -0.39 is 5.97 Å². The zero-order valence-electron chi connectivity index (χ0n) is 18.6. The Hall–Kier alpha value is -2.26. The van der Waals surface area contributed by atoms with Gasteiger partial charge < -0.3 is 20.1 Å². The van der Waals surface area contributed by atoms with Crippen molar-refractivity contribution in [3.8, 4) is 0 Å². The molecule has 1 fully saturated rings. The predicted molar refractivity (Wildman–Crippen MR) is 120 cm³/mol. The highest BCUT2D eigenvalue weighted by Crippen LogP contribution is 2.29. The van der Waals surface area contributed by atoms with E-state index in [1.807, 2.05) is 18.7 Å². The Morgan fingerprint density at radius 2 is 2.03 bits per heavy atom. The number of anilines is 1. The van der Waals surface area contributed by atoms with Crippen molar-refractivity contribution in [1.29, 1.82) is 0 Å². The average Bonchev–Trinajstić information content (AvgIpc) is 3.13. The summed E-state index contributed by atoms with van der Waals surface area (Å²) >= 11 is 1.17. The van der Waals surface area contributed by atoms with Crippen molar-refractivity contribution in [3.63, 3.8) is 0 Å². The van der Waals surface area contributed by atoms with Crippen LogP contribution in [0.2, 0.25) is 0 Å². The number of hydrogen-bond acceptors (Lipinski definition) is 7. The number of aromatic nitrogens is 1.